The van der Waals surface area contributed by atoms with Crippen LogP contribution in [0.2, 0.25) is 0 Å². The third kappa shape index (κ3) is 2.08. The minimum absolute atomic E-state index is 0.0751. The molecular weight excluding hydrogens is 176 g/mol. The van der Waals surface area contributed by atoms with Crippen molar-refractivity contribution in [2.45, 2.75) is 50.5 Å². The highest BCUT2D eigenvalue weighted by molar-refractivity contribution is 5.78. The summed E-state index contributed by atoms with van der Waals surface area (Å²) in [6.45, 7) is 0.683. The van der Waals surface area contributed by atoms with Crippen LogP contribution in [0, 0.1) is 5.92 Å². The lowest BCUT2D eigenvalue weighted by atomic mass is 9.77. The molecule has 14 heavy (non-hydrogen) atoms. The van der Waals surface area contributed by atoms with Crippen LogP contribution in [-0.4, -0.2) is 18.0 Å². The summed E-state index contributed by atoms with van der Waals surface area (Å²) < 4.78 is 0. The molecule has 0 heterocycles. The number of carbonyl (C=O) groups is 1. The van der Waals surface area contributed by atoms with Crippen molar-refractivity contribution in [3.8, 4) is 0 Å². The van der Waals surface area contributed by atoms with E-state index in [-0.39, 0.29) is 17.4 Å². The first-order valence-electron chi connectivity index (χ1n) is 5.76. The standard InChI is InChI=1S/C11H20N2O/c12-11(6-3-7-11)8-13-10(14)9-4-1-2-5-9/h9H,1-8,12H2,(H,13,14). The molecule has 0 aromatic rings. The van der Waals surface area contributed by atoms with Crippen LogP contribution < -0.4 is 11.1 Å². The molecule has 0 spiro atoms. The van der Waals surface area contributed by atoms with Gasteiger partial charge in [0.2, 0.25) is 5.91 Å². The first kappa shape index (κ1) is 9.97. The van der Waals surface area contributed by atoms with Crippen LogP contribution in [0.1, 0.15) is 44.9 Å². The second kappa shape index (κ2) is 3.89. The summed E-state index contributed by atoms with van der Waals surface area (Å²) in [6, 6.07) is 0. The highest BCUT2D eigenvalue weighted by Gasteiger charge is 2.33. The highest BCUT2D eigenvalue weighted by Crippen LogP contribution is 2.29. The maximum Gasteiger partial charge on any atom is 0.223 e. The van der Waals surface area contributed by atoms with Gasteiger partial charge in [-0.1, -0.05) is 12.8 Å². The predicted octanol–water partition coefficient (Wildman–Crippen LogP) is 1.17. The van der Waals surface area contributed by atoms with Crippen molar-refractivity contribution < 1.29 is 4.79 Å². The third-order valence-electron chi connectivity index (χ3n) is 3.69. The van der Waals surface area contributed by atoms with Gasteiger partial charge in [-0.25, -0.2) is 0 Å². The summed E-state index contributed by atoms with van der Waals surface area (Å²) in [4.78, 5) is 11.7. The molecule has 0 aromatic heterocycles. The van der Waals surface area contributed by atoms with Gasteiger partial charge >= 0.3 is 0 Å². The van der Waals surface area contributed by atoms with E-state index in [4.69, 9.17) is 5.73 Å². The molecule has 3 nitrogen and oxygen atoms in total. The Labute approximate surface area is 85.4 Å². The average Bonchev–Trinajstić information content (AvgIpc) is 2.63. The monoisotopic (exact) mass is 196 g/mol. The Morgan fingerprint density at radius 3 is 2.43 bits per heavy atom. The van der Waals surface area contributed by atoms with Crippen LogP contribution in [0.25, 0.3) is 0 Å². The van der Waals surface area contributed by atoms with Crippen LogP contribution in [-0.2, 0) is 4.79 Å². The lowest BCUT2D eigenvalue weighted by molar-refractivity contribution is -0.125. The van der Waals surface area contributed by atoms with Gasteiger partial charge in [-0.3, -0.25) is 4.79 Å². The summed E-state index contributed by atoms with van der Waals surface area (Å²) in [5, 5.41) is 3.00. The molecule has 80 valence electrons. The largest absolute Gasteiger partial charge is 0.354 e. The van der Waals surface area contributed by atoms with Crippen molar-refractivity contribution in [1.82, 2.24) is 5.32 Å². The molecule has 2 saturated carbocycles. The molecule has 2 rings (SSSR count). The molecule has 0 atom stereocenters. The normalized spacial score (nSPS) is 25.8. The zero-order valence-electron chi connectivity index (χ0n) is 8.72. The Balaban J connectivity index is 1.71. The van der Waals surface area contributed by atoms with Crippen molar-refractivity contribution in [3.05, 3.63) is 0 Å². The molecule has 0 saturated heterocycles. The summed E-state index contributed by atoms with van der Waals surface area (Å²) in [5.41, 5.74) is 5.96. The Bertz CT molecular complexity index is 217. The number of hydrogen-bond acceptors (Lipinski definition) is 2. The number of carbonyl (C=O) groups excluding carboxylic acids is 1. The summed E-state index contributed by atoms with van der Waals surface area (Å²) >= 11 is 0. The number of hydrogen-bond donors (Lipinski definition) is 2. The second-order valence-corrected chi connectivity index (χ2v) is 4.92. The Morgan fingerprint density at radius 1 is 1.29 bits per heavy atom. The van der Waals surface area contributed by atoms with Crippen molar-refractivity contribution in [2.24, 2.45) is 11.7 Å². The van der Waals surface area contributed by atoms with E-state index in [1.165, 1.54) is 19.3 Å². The van der Waals surface area contributed by atoms with Gasteiger partial charge in [0.1, 0.15) is 0 Å². The minimum atomic E-state index is -0.0751. The SMILES string of the molecule is NC1(CNC(=O)C2CCCC2)CCC1. The van der Waals surface area contributed by atoms with Crippen LogP contribution in [0.4, 0.5) is 0 Å². The van der Waals surface area contributed by atoms with E-state index < -0.39 is 0 Å². The zero-order valence-corrected chi connectivity index (χ0v) is 8.72. The zero-order chi connectivity index (χ0) is 10.0. The fraction of sp³-hybridized carbons (Fsp3) is 0.909. The molecule has 0 unspecified atom stereocenters. The van der Waals surface area contributed by atoms with Crippen molar-refractivity contribution in [3.63, 3.8) is 0 Å². The van der Waals surface area contributed by atoms with E-state index >= 15 is 0 Å². The van der Waals surface area contributed by atoms with Crippen LogP contribution in [0.15, 0.2) is 0 Å². The smallest absolute Gasteiger partial charge is 0.223 e. The molecule has 0 aromatic carbocycles. The topological polar surface area (TPSA) is 55.1 Å². The van der Waals surface area contributed by atoms with Crippen LogP contribution >= 0.6 is 0 Å². The number of amides is 1. The van der Waals surface area contributed by atoms with E-state index in [2.05, 4.69) is 5.32 Å². The molecular formula is C11H20N2O. The van der Waals surface area contributed by atoms with Crippen LogP contribution in [0.5, 0.6) is 0 Å². The predicted molar refractivity (Wildman–Crippen MR) is 55.7 cm³/mol. The first-order chi connectivity index (χ1) is 6.70. The highest BCUT2D eigenvalue weighted by atomic mass is 16.1. The molecule has 1 amide bonds. The van der Waals surface area contributed by atoms with Gasteiger partial charge in [-0.15, -0.1) is 0 Å². The number of nitrogens with one attached hydrogen (secondary N) is 1. The fourth-order valence-corrected chi connectivity index (χ4v) is 2.40. The first-order valence-corrected chi connectivity index (χ1v) is 5.76. The second-order valence-electron chi connectivity index (χ2n) is 4.92. The summed E-state index contributed by atoms with van der Waals surface area (Å²) in [7, 11) is 0. The van der Waals surface area contributed by atoms with E-state index in [1.807, 2.05) is 0 Å². The quantitative estimate of drug-likeness (QED) is 0.712. The van der Waals surface area contributed by atoms with E-state index in [1.54, 1.807) is 0 Å². The van der Waals surface area contributed by atoms with E-state index in [9.17, 15) is 4.79 Å². The van der Waals surface area contributed by atoms with E-state index in [0.29, 0.717) is 6.54 Å². The molecule has 2 fully saturated rings. The maximum absolute atomic E-state index is 11.7. The van der Waals surface area contributed by atoms with Gasteiger partial charge in [0.25, 0.3) is 0 Å². The summed E-state index contributed by atoms with van der Waals surface area (Å²) in [6.07, 6.45) is 7.93. The minimum Gasteiger partial charge on any atom is -0.354 e. The average molecular weight is 196 g/mol. The number of rotatable bonds is 3. The molecule has 3 heteroatoms. The lowest BCUT2D eigenvalue weighted by Gasteiger charge is -2.38. The Morgan fingerprint density at radius 2 is 1.93 bits per heavy atom. The Kier molecular flexibility index (Phi) is 2.77. The van der Waals surface area contributed by atoms with Crippen molar-refractivity contribution in [2.75, 3.05) is 6.54 Å². The maximum atomic E-state index is 11.7. The van der Waals surface area contributed by atoms with Gasteiger partial charge < -0.3 is 11.1 Å². The van der Waals surface area contributed by atoms with Gasteiger partial charge in [-0.05, 0) is 32.1 Å². The third-order valence-corrected chi connectivity index (χ3v) is 3.69. The fourth-order valence-electron chi connectivity index (χ4n) is 2.40. The van der Waals surface area contributed by atoms with Gasteiger partial charge in [0, 0.05) is 18.0 Å². The number of nitrogens with two attached hydrogens (primary N) is 1. The van der Waals surface area contributed by atoms with Gasteiger partial charge in [0.15, 0.2) is 0 Å². The Hall–Kier alpha value is -0.570. The molecule has 0 aliphatic heterocycles. The molecule has 0 radical (unpaired) electrons. The van der Waals surface area contributed by atoms with Crippen LogP contribution in [0.3, 0.4) is 0 Å². The van der Waals surface area contributed by atoms with Crippen molar-refractivity contribution in [1.29, 1.82) is 0 Å². The van der Waals surface area contributed by atoms with Gasteiger partial charge in [-0.2, -0.15) is 0 Å². The molecule has 2 aliphatic carbocycles. The van der Waals surface area contributed by atoms with Gasteiger partial charge in [0.05, 0.1) is 0 Å². The molecule has 2 aliphatic rings. The molecule has 0 bridgehead atoms. The van der Waals surface area contributed by atoms with E-state index in [0.717, 1.165) is 25.7 Å². The summed E-state index contributed by atoms with van der Waals surface area (Å²) in [5.74, 6) is 0.512. The van der Waals surface area contributed by atoms with Crippen molar-refractivity contribution >= 4 is 5.91 Å². The lowest BCUT2D eigenvalue weighted by Crippen LogP contribution is -2.55. The molecule has 3 N–H and O–H groups in total.